The van der Waals surface area contributed by atoms with E-state index >= 15 is 0 Å². The van der Waals surface area contributed by atoms with Crippen LogP contribution >= 0.6 is 0 Å². The minimum absolute atomic E-state index is 0.241. The quantitative estimate of drug-likeness (QED) is 0.538. The number of rotatable bonds is 6. The van der Waals surface area contributed by atoms with E-state index < -0.39 is 5.97 Å². The Labute approximate surface area is 192 Å². The van der Waals surface area contributed by atoms with Crippen molar-refractivity contribution in [1.82, 2.24) is 14.7 Å². The molecule has 0 aliphatic carbocycles. The Hall–Kier alpha value is -3.81. The smallest absolute Gasteiger partial charge is 0.342 e. The van der Waals surface area contributed by atoms with E-state index in [1.807, 2.05) is 49.4 Å². The number of aromatic nitrogens is 2. The summed E-state index contributed by atoms with van der Waals surface area (Å²) in [6.07, 6.45) is 0.692. The number of carbonyl (C=O) groups is 2. The molecule has 1 amide bonds. The fourth-order valence-corrected chi connectivity index (χ4v) is 4.15. The van der Waals surface area contributed by atoms with Crippen molar-refractivity contribution in [3.05, 3.63) is 70.5 Å². The van der Waals surface area contributed by atoms with Crippen LogP contribution in [-0.2, 0) is 22.5 Å². The second-order valence-electron chi connectivity index (χ2n) is 7.91. The van der Waals surface area contributed by atoms with E-state index in [0.717, 1.165) is 16.8 Å². The number of nitrogens with zero attached hydrogens (tertiary/aromatic N) is 3. The Morgan fingerprint density at radius 2 is 1.67 bits per heavy atom. The van der Waals surface area contributed by atoms with Crippen LogP contribution in [0.15, 0.2) is 42.5 Å². The molecular formula is C25H27N3O5. The molecule has 0 atom stereocenters. The Bertz CT molecular complexity index is 1190. The summed E-state index contributed by atoms with van der Waals surface area (Å²) in [4.78, 5) is 27.3. The molecule has 0 N–H and O–H groups in total. The summed E-state index contributed by atoms with van der Waals surface area (Å²) in [7, 11) is 3.18. The third-order valence-corrected chi connectivity index (χ3v) is 5.89. The van der Waals surface area contributed by atoms with Gasteiger partial charge in [0.1, 0.15) is 5.56 Å². The molecule has 4 rings (SSSR count). The fraction of sp³-hybridized carbons (Fsp3) is 0.320. The van der Waals surface area contributed by atoms with Gasteiger partial charge in [0.2, 0.25) is 0 Å². The molecule has 0 fully saturated rings. The first-order valence-electron chi connectivity index (χ1n) is 10.7. The van der Waals surface area contributed by atoms with Crippen LogP contribution in [0.5, 0.6) is 11.5 Å². The molecule has 172 valence electrons. The Morgan fingerprint density at radius 1 is 1.00 bits per heavy atom. The molecule has 2 heterocycles. The van der Waals surface area contributed by atoms with Crippen molar-refractivity contribution < 1.29 is 23.8 Å². The second kappa shape index (κ2) is 9.36. The molecular weight excluding hydrogens is 422 g/mol. The van der Waals surface area contributed by atoms with Crippen molar-refractivity contribution in [2.24, 2.45) is 0 Å². The number of hydrogen-bond acceptors (Lipinski definition) is 6. The van der Waals surface area contributed by atoms with Gasteiger partial charge in [0.15, 0.2) is 18.1 Å². The zero-order valence-corrected chi connectivity index (χ0v) is 19.3. The van der Waals surface area contributed by atoms with Crippen LogP contribution in [0.1, 0.15) is 32.9 Å². The molecule has 0 radical (unpaired) electrons. The van der Waals surface area contributed by atoms with Crippen molar-refractivity contribution in [2.75, 3.05) is 27.4 Å². The second-order valence-corrected chi connectivity index (χ2v) is 7.91. The first-order valence-corrected chi connectivity index (χ1v) is 10.7. The van der Waals surface area contributed by atoms with Crippen LogP contribution in [0.4, 0.5) is 0 Å². The number of aryl methyl sites for hydroxylation is 1. The minimum atomic E-state index is -0.552. The van der Waals surface area contributed by atoms with Crippen molar-refractivity contribution in [3.8, 4) is 17.2 Å². The lowest BCUT2D eigenvalue weighted by molar-refractivity contribution is -0.135. The molecule has 33 heavy (non-hydrogen) atoms. The monoisotopic (exact) mass is 449 g/mol. The lowest BCUT2D eigenvalue weighted by Gasteiger charge is -2.29. The lowest BCUT2D eigenvalue weighted by atomic mass is 9.99. The zero-order valence-electron chi connectivity index (χ0n) is 19.3. The Kier molecular flexibility index (Phi) is 6.35. The van der Waals surface area contributed by atoms with Gasteiger partial charge in [-0.15, -0.1) is 0 Å². The molecule has 0 unspecified atom stereocenters. The van der Waals surface area contributed by atoms with Crippen molar-refractivity contribution in [1.29, 1.82) is 0 Å². The van der Waals surface area contributed by atoms with Gasteiger partial charge in [-0.1, -0.05) is 18.2 Å². The van der Waals surface area contributed by atoms with E-state index in [1.165, 1.54) is 0 Å². The third kappa shape index (κ3) is 4.41. The van der Waals surface area contributed by atoms with Crippen molar-refractivity contribution in [2.45, 2.75) is 26.8 Å². The third-order valence-electron chi connectivity index (χ3n) is 5.89. The van der Waals surface area contributed by atoms with Gasteiger partial charge >= 0.3 is 5.97 Å². The van der Waals surface area contributed by atoms with Gasteiger partial charge in [-0.2, -0.15) is 5.10 Å². The zero-order chi connectivity index (χ0) is 23.5. The van der Waals surface area contributed by atoms with Gasteiger partial charge in [0.25, 0.3) is 5.91 Å². The van der Waals surface area contributed by atoms with E-state index in [2.05, 4.69) is 5.10 Å². The highest BCUT2D eigenvalue weighted by atomic mass is 16.5. The van der Waals surface area contributed by atoms with Crippen molar-refractivity contribution >= 4 is 11.9 Å². The summed E-state index contributed by atoms with van der Waals surface area (Å²) >= 11 is 0. The molecule has 0 saturated carbocycles. The van der Waals surface area contributed by atoms with E-state index in [0.29, 0.717) is 48.0 Å². The van der Waals surface area contributed by atoms with Crippen LogP contribution in [0.25, 0.3) is 5.69 Å². The molecule has 0 spiro atoms. The number of ether oxygens (including phenoxy) is 3. The summed E-state index contributed by atoms with van der Waals surface area (Å²) in [5.41, 5.74) is 4.58. The maximum absolute atomic E-state index is 12.8. The normalized spacial score (nSPS) is 12.8. The minimum Gasteiger partial charge on any atom is -0.493 e. The largest absolute Gasteiger partial charge is 0.493 e. The van der Waals surface area contributed by atoms with Crippen molar-refractivity contribution in [3.63, 3.8) is 0 Å². The first kappa shape index (κ1) is 22.4. The van der Waals surface area contributed by atoms with Crippen LogP contribution in [0, 0.1) is 13.8 Å². The predicted octanol–water partition coefficient (Wildman–Crippen LogP) is 3.25. The first-order chi connectivity index (χ1) is 15.9. The van der Waals surface area contributed by atoms with Crippen LogP contribution in [-0.4, -0.2) is 53.9 Å². The summed E-state index contributed by atoms with van der Waals surface area (Å²) < 4.78 is 17.8. The van der Waals surface area contributed by atoms with Gasteiger partial charge in [0, 0.05) is 13.1 Å². The summed E-state index contributed by atoms with van der Waals surface area (Å²) in [5.74, 6) is 0.504. The summed E-state index contributed by atoms with van der Waals surface area (Å²) in [6.45, 7) is 4.22. The molecule has 8 nitrogen and oxygen atoms in total. The highest BCUT2D eigenvalue weighted by molar-refractivity contribution is 5.93. The van der Waals surface area contributed by atoms with Gasteiger partial charge in [-0.3, -0.25) is 4.79 Å². The number of methoxy groups -OCH3 is 2. The molecule has 1 aliphatic rings. The number of amides is 1. The average molecular weight is 450 g/mol. The Balaban J connectivity index is 1.43. The number of fused-ring (bicyclic) bond motifs is 1. The lowest BCUT2D eigenvalue weighted by Crippen LogP contribution is -2.38. The fourth-order valence-electron chi connectivity index (χ4n) is 4.15. The summed E-state index contributed by atoms with van der Waals surface area (Å²) in [6, 6.07) is 13.4. The molecule has 8 heteroatoms. The van der Waals surface area contributed by atoms with Gasteiger partial charge in [0.05, 0.1) is 31.3 Å². The predicted molar refractivity (Wildman–Crippen MR) is 122 cm³/mol. The van der Waals surface area contributed by atoms with Crippen LogP contribution in [0.2, 0.25) is 0 Å². The summed E-state index contributed by atoms with van der Waals surface area (Å²) in [5, 5.41) is 4.47. The van der Waals surface area contributed by atoms with Gasteiger partial charge < -0.3 is 19.1 Å². The molecule has 0 saturated heterocycles. The number of benzene rings is 2. The Morgan fingerprint density at radius 3 is 2.33 bits per heavy atom. The van der Waals surface area contributed by atoms with Crippen LogP contribution < -0.4 is 9.47 Å². The number of esters is 1. The van der Waals surface area contributed by atoms with Crippen LogP contribution in [0.3, 0.4) is 0 Å². The van der Waals surface area contributed by atoms with E-state index in [1.54, 1.807) is 30.7 Å². The van der Waals surface area contributed by atoms with E-state index in [-0.39, 0.29) is 12.5 Å². The number of para-hydroxylation sites is 1. The molecule has 1 aliphatic heterocycles. The molecule has 2 aromatic carbocycles. The number of carbonyl (C=O) groups excluding carboxylic acids is 2. The average Bonchev–Trinajstić information content (AvgIpc) is 3.15. The number of hydrogen-bond donors (Lipinski definition) is 0. The SMILES string of the molecule is COc1cc2c(cc1OC)CN(C(=O)COC(=O)c1c(C)nn(-c3ccccc3)c1C)CC2. The van der Waals surface area contributed by atoms with E-state index in [9.17, 15) is 9.59 Å². The highest BCUT2D eigenvalue weighted by Gasteiger charge is 2.26. The standard InChI is InChI=1S/C25H27N3O5/c1-16-24(17(2)28(26-16)20-8-6-5-7-9-20)25(30)33-15-23(29)27-11-10-18-12-21(31-3)22(32-4)13-19(18)14-27/h5-9,12-13H,10-11,14-15H2,1-4H3. The molecule has 1 aromatic heterocycles. The topological polar surface area (TPSA) is 82.9 Å². The maximum Gasteiger partial charge on any atom is 0.342 e. The van der Waals surface area contributed by atoms with Gasteiger partial charge in [-0.25, -0.2) is 9.48 Å². The van der Waals surface area contributed by atoms with Gasteiger partial charge in [-0.05, 0) is 55.7 Å². The highest BCUT2D eigenvalue weighted by Crippen LogP contribution is 2.33. The van der Waals surface area contributed by atoms with E-state index in [4.69, 9.17) is 14.2 Å². The molecule has 3 aromatic rings. The maximum atomic E-state index is 12.8. The molecule has 0 bridgehead atoms.